The van der Waals surface area contributed by atoms with Gasteiger partial charge in [0.1, 0.15) is 0 Å². The summed E-state index contributed by atoms with van der Waals surface area (Å²) < 4.78 is 4.87. The van der Waals surface area contributed by atoms with Gasteiger partial charge in [-0.15, -0.1) is 0 Å². The Labute approximate surface area is 391 Å². The molecule has 0 saturated heterocycles. The summed E-state index contributed by atoms with van der Waals surface area (Å²) in [6, 6.07) is 90.1. The van der Waals surface area contributed by atoms with Crippen molar-refractivity contribution >= 4 is 108 Å². The summed E-state index contributed by atoms with van der Waals surface area (Å²) in [5.41, 5.74) is 12.0. The minimum absolute atomic E-state index is 1.14. The molecule has 13 aromatic carbocycles. The molecular formula is C66H40N2. The minimum atomic E-state index is 1.14. The largest absolute Gasteiger partial charge is 0.309 e. The second-order valence-electron chi connectivity index (χ2n) is 18.4. The van der Waals surface area contributed by atoms with Gasteiger partial charge in [0, 0.05) is 32.6 Å². The number of benzene rings is 13. The van der Waals surface area contributed by atoms with Crippen LogP contribution < -0.4 is 0 Å². The number of fused-ring (bicyclic) bond motifs is 17. The van der Waals surface area contributed by atoms with Crippen LogP contribution >= 0.6 is 0 Å². The summed E-state index contributed by atoms with van der Waals surface area (Å²) in [5, 5.41) is 20.4. The van der Waals surface area contributed by atoms with Crippen LogP contribution in [0.1, 0.15) is 0 Å². The number of hydrogen-bond donors (Lipinski definition) is 0. The number of aromatic nitrogens is 2. The van der Waals surface area contributed by atoms with Crippen molar-refractivity contribution in [1.82, 2.24) is 9.13 Å². The lowest BCUT2D eigenvalue weighted by atomic mass is 9.86. The Morgan fingerprint density at radius 3 is 1.34 bits per heavy atom. The SMILES string of the molecule is c1ccc2c(-n3c4ccccc4c4cc(-c5ccc6c(c5)c5ccccc5n6-c5ccc(-c6cc7ccccc7c7c6ccc6c8ccccc8c8ccccc8c67)cc5)ccc43)cccc2c1. The Morgan fingerprint density at radius 1 is 0.221 bits per heavy atom. The van der Waals surface area contributed by atoms with E-state index in [0.29, 0.717) is 0 Å². The van der Waals surface area contributed by atoms with E-state index in [4.69, 9.17) is 0 Å². The number of para-hydroxylation sites is 2. The molecule has 0 atom stereocenters. The third kappa shape index (κ3) is 5.28. The second-order valence-corrected chi connectivity index (χ2v) is 18.4. The van der Waals surface area contributed by atoms with Gasteiger partial charge in [-0.1, -0.05) is 182 Å². The molecule has 0 N–H and O–H groups in total. The van der Waals surface area contributed by atoms with Crippen LogP contribution in [0.3, 0.4) is 0 Å². The summed E-state index contributed by atoms with van der Waals surface area (Å²) in [4.78, 5) is 0. The first-order chi connectivity index (χ1) is 33.7. The molecule has 0 spiro atoms. The molecule has 68 heavy (non-hydrogen) atoms. The van der Waals surface area contributed by atoms with Crippen LogP contribution in [-0.2, 0) is 0 Å². The van der Waals surface area contributed by atoms with Gasteiger partial charge >= 0.3 is 0 Å². The van der Waals surface area contributed by atoms with Crippen molar-refractivity contribution in [2.24, 2.45) is 0 Å². The van der Waals surface area contributed by atoms with Crippen molar-refractivity contribution in [1.29, 1.82) is 0 Å². The maximum absolute atomic E-state index is 2.44. The van der Waals surface area contributed by atoms with Crippen LogP contribution in [0.15, 0.2) is 243 Å². The van der Waals surface area contributed by atoms with E-state index in [1.54, 1.807) is 0 Å². The molecule has 314 valence electrons. The molecule has 0 saturated carbocycles. The van der Waals surface area contributed by atoms with Gasteiger partial charge < -0.3 is 9.13 Å². The van der Waals surface area contributed by atoms with Crippen molar-refractivity contribution in [3.05, 3.63) is 243 Å². The highest BCUT2D eigenvalue weighted by Gasteiger charge is 2.19. The Balaban J connectivity index is 0.873. The highest BCUT2D eigenvalue weighted by atomic mass is 15.0. The zero-order valence-corrected chi connectivity index (χ0v) is 37.0. The van der Waals surface area contributed by atoms with Gasteiger partial charge in [0.15, 0.2) is 0 Å². The van der Waals surface area contributed by atoms with Gasteiger partial charge in [0.25, 0.3) is 0 Å². The first kappa shape index (κ1) is 37.3. The fourth-order valence-electron chi connectivity index (χ4n) is 11.9. The van der Waals surface area contributed by atoms with E-state index in [1.807, 2.05) is 0 Å². The predicted octanol–water partition coefficient (Wildman–Crippen LogP) is 18.1. The lowest BCUT2D eigenvalue weighted by Gasteiger charge is -2.17. The van der Waals surface area contributed by atoms with Crippen LogP contribution in [-0.4, -0.2) is 9.13 Å². The molecule has 0 amide bonds. The van der Waals surface area contributed by atoms with E-state index >= 15 is 0 Å². The quantitative estimate of drug-likeness (QED) is 0.156. The Morgan fingerprint density at radius 2 is 0.662 bits per heavy atom. The second kappa shape index (κ2) is 14.3. The van der Waals surface area contributed by atoms with Gasteiger partial charge in [-0.2, -0.15) is 0 Å². The van der Waals surface area contributed by atoms with Crippen molar-refractivity contribution in [2.75, 3.05) is 0 Å². The molecule has 0 unspecified atom stereocenters. The average molecular weight is 861 g/mol. The third-order valence-corrected chi connectivity index (χ3v) is 14.9. The molecule has 2 aromatic heterocycles. The zero-order valence-electron chi connectivity index (χ0n) is 37.0. The van der Waals surface area contributed by atoms with Crippen LogP contribution in [0.5, 0.6) is 0 Å². The minimum Gasteiger partial charge on any atom is -0.309 e. The molecule has 2 nitrogen and oxygen atoms in total. The summed E-state index contributed by atoms with van der Waals surface area (Å²) in [5.74, 6) is 0. The van der Waals surface area contributed by atoms with E-state index in [-0.39, 0.29) is 0 Å². The van der Waals surface area contributed by atoms with Gasteiger partial charge in [0.2, 0.25) is 0 Å². The predicted molar refractivity (Wildman–Crippen MR) is 291 cm³/mol. The normalized spacial score (nSPS) is 12.1. The maximum atomic E-state index is 2.44. The monoisotopic (exact) mass is 860 g/mol. The van der Waals surface area contributed by atoms with Gasteiger partial charge in [-0.05, 0) is 142 Å². The molecule has 15 rings (SSSR count). The standard InChI is InChI=1S/C66H40N2/c1-3-17-47-41(14-1)16-13-27-60(47)68-62-26-12-10-23-53(62)59-39-44(31-37-64(59)68)43-30-36-63-58(38-43)52-22-9-11-25-61(52)67(63)46-32-28-42(29-33-46)57-40-45-15-2-4-18-48(45)65-56(57)35-34-55-51-21-6-5-19-49(51)50-20-7-8-24-54(50)66(55)65/h1-40H. The lowest BCUT2D eigenvalue weighted by molar-refractivity contribution is 1.18. The number of rotatable bonds is 4. The number of hydrogen-bond acceptors (Lipinski definition) is 0. The Bertz CT molecular complexity index is 4560. The van der Waals surface area contributed by atoms with Crippen molar-refractivity contribution < 1.29 is 0 Å². The van der Waals surface area contributed by atoms with E-state index in [2.05, 4.69) is 252 Å². The van der Waals surface area contributed by atoms with E-state index in [1.165, 1.54) is 136 Å². The van der Waals surface area contributed by atoms with Gasteiger partial charge in [-0.25, -0.2) is 0 Å². The summed E-state index contributed by atoms with van der Waals surface area (Å²) in [6.07, 6.45) is 0. The highest BCUT2D eigenvalue weighted by Crippen LogP contribution is 2.45. The van der Waals surface area contributed by atoms with E-state index in [9.17, 15) is 0 Å². The van der Waals surface area contributed by atoms with Crippen LogP contribution in [0, 0.1) is 0 Å². The topological polar surface area (TPSA) is 9.86 Å². The zero-order chi connectivity index (χ0) is 44.5. The number of nitrogens with zero attached hydrogens (tertiary/aromatic N) is 2. The van der Waals surface area contributed by atoms with Gasteiger partial charge in [0.05, 0.1) is 27.8 Å². The van der Waals surface area contributed by atoms with Gasteiger partial charge in [-0.3, -0.25) is 0 Å². The molecule has 0 aliphatic heterocycles. The third-order valence-electron chi connectivity index (χ3n) is 14.9. The fourth-order valence-corrected chi connectivity index (χ4v) is 11.9. The first-order valence-electron chi connectivity index (χ1n) is 23.6. The van der Waals surface area contributed by atoms with Crippen LogP contribution in [0.2, 0.25) is 0 Å². The van der Waals surface area contributed by atoms with Crippen molar-refractivity contribution in [2.45, 2.75) is 0 Å². The van der Waals surface area contributed by atoms with E-state index < -0.39 is 0 Å². The molecule has 2 heteroatoms. The van der Waals surface area contributed by atoms with Crippen molar-refractivity contribution in [3.63, 3.8) is 0 Å². The molecule has 0 bridgehead atoms. The molecule has 0 radical (unpaired) electrons. The Kier molecular flexibility index (Phi) is 7.81. The van der Waals surface area contributed by atoms with E-state index in [0.717, 1.165) is 5.69 Å². The molecule has 0 aliphatic rings. The maximum Gasteiger partial charge on any atom is 0.0541 e. The first-order valence-corrected chi connectivity index (χ1v) is 23.6. The summed E-state index contributed by atoms with van der Waals surface area (Å²) in [7, 11) is 0. The van der Waals surface area contributed by atoms with Crippen LogP contribution in [0.25, 0.3) is 142 Å². The smallest absolute Gasteiger partial charge is 0.0541 e. The average Bonchev–Trinajstić information content (AvgIpc) is 3.92. The Hall–Kier alpha value is -8.98. The molecular weight excluding hydrogens is 821 g/mol. The molecule has 15 aromatic rings. The molecule has 0 aliphatic carbocycles. The fraction of sp³-hybridized carbons (Fsp3) is 0. The molecule has 2 heterocycles. The van der Waals surface area contributed by atoms with Crippen molar-refractivity contribution in [3.8, 4) is 33.6 Å². The summed E-state index contributed by atoms with van der Waals surface area (Å²) in [6.45, 7) is 0. The molecule has 0 fully saturated rings. The summed E-state index contributed by atoms with van der Waals surface area (Å²) >= 11 is 0. The highest BCUT2D eigenvalue weighted by molar-refractivity contribution is 6.36. The lowest BCUT2D eigenvalue weighted by Crippen LogP contribution is -1.95. The van der Waals surface area contributed by atoms with Crippen LogP contribution in [0.4, 0.5) is 0 Å².